The Bertz CT molecular complexity index is 464. The minimum Gasteiger partial charge on any atom is -0.381 e. The van der Waals surface area contributed by atoms with Gasteiger partial charge in [-0.15, -0.1) is 11.8 Å². The predicted octanol–water partition coefficient (Wildman–Crippen LogP) is 3.50. The Kier molecular flexibility index (Phi) is 5.35. The van der Waals surface area contributed by atoms with E-state index in [-0.39, 0.29) is 5.91 Å². The standard InChI is InChI=1S/C16H24N2OS/c1-11-7-8-13(12(2)9-11)18-14-5-3-4-6-15(14)20-10-16(17)19/h3-6,11-13,18H,7-10H2,1-2H3,(H2,17,19). The number of hydrogen-bond acceptors (Lipinski definition) is 3. The molecule has 0 aromatic heterocycles. The molecule has 20 heavy (non-hydrogen) atoms. The number of nitrogens with two attached hydrogens (primary N) is 1. The number of carbonyl (C=O) groups is 1. The summed E-state index contributed by atoms with van der Waals surface area (Å²) in [6, 6.07) is 8.70. The summed E-state index contributed by atoms with van der Waals surface area (Å²) < 4.78 is 0. The van der Waals surface area contributed by atoms with Crippen LogP contribution in [0.5, 0.6) is 0 Å². The fraction of sp³-hybridized carbons (Fsp3) is 0.562. The van der Waals surface area contributed by atoms with Crippen LogP contribution in [0.25, 0.3) is 0 Å². The number of anilines is 1. The van der Waals surface area contributed by atoms with Gasteiger partial charge < -0.3 is 11.1 Å². The maximum atomic E-state index is 10.9. The van der Waals surface area contributed by atoms with Crippen LogP contribution in [-0.4, -0.2) is 17.7 Å². The zero-order valence-electron chi connectivity index (χ0n) is 12.3. The van der Waals surface area contributed by atoms with Crippen molar-refractivity contribution in [2.24, 2.45) is 17.6 Å². The smallest absolute Gasteiger partial charge is 0.227 e. The summed E-state index contributed by atoms with van der Waals surface area (Å²) in [5, 5.41) is 3.67. The molecule has 110 valence electrons. The molecule has 1 aromatic rings. The highest BCUT2D eigenvalue weighted by Gasteiger charge is 2.25. The van der Waals surface area contributed by atoms with Crippen molar-refractivity contribution in [2.45, 2.75) is 44.0 Å². The van der Waals surface area contributed by atoms with Gasteiger partial charge >= 0.3 is 0 Å². The lowest BCUT2D eigenvalue weighted by Crippen LogP contribution is -2.33. The molecule has 4 heteroatoms. The number of rotatable bonds is 5. The first-order chi connectivity index (χ1) is 9.56. The Hall–Kier alpha value is -1.16. The first kappa shape index (κ1) is 15.2. The maximum Gasteiger partial charge on any atom is 0.227 e. The van der Waals surface area contributed by atoms with Gasteiger partial charge in [0.25, 0.3) is 0 Å². The minimum absolute atomic E-state index is 0.273. The van der Waals surface area contributed by atoms with E-state index in [1.165, 1.54) is 31.0 Å². The number of benzene rings is 1. The zero-order valence-corrected chi connectivity index (χ0v) is 13.1. The Morgan fingerprint density at radius 3 is 2.80 bits per heavy atom. The molecule has 1 fully saturated rings. The van der Waals surface area contributed by atoms with Crippen LogP contribution in [0.3, 0.4) is 0 Å². The fourth-order valence-electron chi connectivity index (χ4n) is 2.94. The molecule has 3 atom stereocenters. The molecule has 0 saturated heterocycles. The third-order valence-corrected chi connectivity index (χ3v) is 5.13. The van der Waals surface area contributed by atoms with E-state index in [1.807, 2.05) is 18.2 Å². The first-order valence-corrected chi connectivity index (χ1v) is 8.31. The highest BCUT2D eigenvalue weighted by atomic mass is 32.2. The van der Waals surface area contributed by atoms with E-state index in [1.54, 1.807) is 0 Å². The number of thioether (sulfide) groups is 1. The number of amides is 1. The largest absolute Gasteiger partial charge is 0.381 e. The third kappa shape index (κ3) is 4.17. The van der Waals surface area contributed by atoms with Gasteiger partial charge in [0.05, 0.1) is 5.75 Å². The normalized spacial score (nSPS) is 26.2. The summed E-state index contributed by atoms with van der Waals surface area (Å²) >= 11 is 1.51. The van der Waals surface area contributed by atoms with Gasteiger partial charge in [0.2, 0.25) is 5.91 Å². The minimum atomic E-state index is -0.273. The van der Waals surface area contributed by atoms with Crippen molar-refractivity contribution in [3.63, 3.8) is 0 Å². The van der Waals surface area contributed by atoms with Crippen LogP contribution in [0.2, 0.25) is 0 Å². The summed E-state index contributed by atoms with van der Waals surface area (Å²) in [7, 11) is 0. The van der Waals surface area contributed by atoms with Crippen molar-refractivity contribution in [1.82, 2.24) is 0 Å². The average molecular weight is 292 g/mol. The lowest BCUT2D eigenvalue weighted by molar-refractivity contribution is -0.115. The van der Waals surface area contributed by atoms with Gasteiger partial charge in [-0.25, -0.2) is 0 Å². The summed E-state index contributed by atoms with van der Waals surface area (Å²) in [6.07, 6.45) is 3.80. The molecule has 1 aliphatic rings. The topological polar surface area (TPSA) is 55.1 Å². The van der Waals surface area contributed by atoms with E-state index in [2.05, 4.69) is 25.2 Å². The second kappa shape index (κ2) is 7.02. The Morgan fingerprint density at radius 2 is 2.10 bits per heavy atom. The van der Waals surface area contributed by atoms with Crippen molar-refractivity contribution >= 4 is 23.4 Å². The molecule has 1 aromatic carbocycles. The molecule has 0 aliphatic heterocycles. The van der Waals surface area contributed by atoms with Gasteiger partial charge in [-0.05, 0) is 43.2 Å². The molecule has 3 unspecified atom stereocenters. The molecule has 0 spiro atoms. The van der Waals surface area contributed by atoms with Crippen LogP contribution in [0.1, 0.15) is 33.1 Å². The molecule has 0 radical (unpaired) electrons. The SMILES string of the molecule is CC1CCC(Nc2ccccc2SCC(N)=O)C(C)C1. The van der Waals surface area contributed by atoms with Gasteiger partial charge in [-0.1, -0.05) is 26.0 Å². The average Bonchev–Trinajstić information content (AvgIpc) is 2.41. The molecule has 1 aliphatic carbocycles. The zero-order chi connectivity index (χ0) is 14.5. The van der Waals surface area contributed by atoms with Crippen molar-refractivity contribution in [3.05, 3.63) is 24.3 Å². The van der Waals surface area contributed by atoms with Gasteiger partial charge in [-0.2, -0.15) is 0 Å². The van der Waals surface area contributed by atoms with E-state index in [4.69, 9.17) is 5.73 Å². The molecule has 0 bridgehead atoms. The maximum absolute atomic E-state index is 10.9. The van der Waals surface area contributed by atoms with Gasteiger partial charge in [-0.3, -0.25) is 4.79 Å². The van der Waals surface area contributed by atoms with Crippen LogP contribution in [-0.2, 0) is 4.79 Å². The Morgan fingerprint density at radius 1 is 1.35 bits per heavy atom. The highest BCUT2D eigenvalue weighted by Crippen LogP contribution is 2.33. The molecule has 0 heterocycles. The van der Waals surface area contributed by atoms with Crippen LogP contribution in [0.15, 0.2) is 29.2 Å². The predicted molar refractivity (Wildman–Crippen MR) is 86.0 cm³/mol. The first-order valence-electron chi connectivity index (χ1n) is 7.33. The lowest BCUT2D eigenvalue weighted by atomic mass is 9.80. The Labute approximate surface area is 125 Å². The van der Waals surface area contributed by atoms with Crippen LogP contribution >= 0.6 is 11.8 Å². The quantitative estimate of drug-likeness (QED) is 0.817. The molecule has 3 nitrogen and oxygen atoms in total. The van der Waals surface area contributed by atoms with Gasteiger partial charge in [0.15, 0.2) is 0 Å². The molecule has 3 N–H and O–H groups in total. The van der Waals surface area contributed by atoms with Crippen molar-refractivity contribution < 1.29 is 4.79 Å². The lowest BCUT2D eigenvalue weighted by Gasteiger charge is -2.34. The van der Waals surface area contributed by atoms with Gasteiger partial charge in [0, 0.05) is 16.6 Å². The van der Waals surface area contributed by atoms with E-state index in [9.17, 15) is 4.79 Å². The van der Waals surface area contributed by atoms with Crippen molar-refractivity contribution in [1.29, 1.82) is 0 Å². The Balaban J connectivity index is 2.03. The summed E-state index contributed by atoms with van der Waals surface area (Å²) in [5.74, 6) is 1.58. The number of carbonyl (C=O) groups excluding carboxylic acids is 1. The second-order valence-corrected chi connectivity index (χ2v) is 6.91. The highest BCUT2D eigenvalue weighted by molar-refractivity contribution is 8.00. The molecule has 1 amide bonds. The van der Waals surface area contributed by atoms with Crippen LogP contribution < -0.4 is 11.1 Å². The second-order valence-electron chi connectivity index (χ2n) is 5.90. The van der Waals surface area contributed by atoms with E-state index >= 15 is 0 Å². The summed E-state index contributed by atoms with van der Waals surface area (Å²) in [4.78, 5) is 12.1. The number of nitrogens with one attached hydrogen (secondary N) is 1. The van der Waals surface area contributed by atoms with E-state index in [0.29, 0.717) is 17.7 Å². The van der Waals surface area contributed by atoms with Crippen molar-refractivity contribution in [3.8, 4) is 0 Å². The molecule has 1 saturated carbocycles. The molecule has 2 rings (SSSR count). The van der Waals surface area contributed by atoms with Crippen LogP contribution in [0, 0.1) is 11.8 Å². The van der Waals surface area contributed by atoms with Crippen molar-refractivity contribution in [2.75, 3.05) is 11.1 Å². The molecular formula is C16H24N2OS. The van der Waals surface area contributed by atoms with Gasteiger partial charge in [0.1, 0.15) is 0 Å². The van der Waals surface area contributed by atoms with Crippen LogP contribution in [0.4, 0.5) is 5.69 Å². The summed E-state index contributed by atoms with van der Waals surface area (Å²) in [6.45, 7) is 4.66. The monoisotopic (exact) mass is 292 g/mol. The van der Waals surface area contributed by atoms with E-state index in [0.717, 1.165) is 16.5 Å². The molecular weight excluding hydrogens is 268 g/mol. The fourth-order valence-corrected chi connectivity index (χ4v) is 3.70. The number of primary amides is 1. The number of hydrogen-bond donors (Lipinski definition) is 2. The third-order valence-electron chi connectivity index (χ3n) is 4.03. The number of para-hydroxylation sites is 1. The summed E-state index contributed by atoms with van der Waals surface area (Å²) in [5.41, 5.74) is 6.36. The van der Waals surface area contributed by atoms with E-state index < -0.39 is 0 Å².